The van der Waals surface area contributed by atoms with Gasteiger partial charge in [0.25, 0.3) is 0 Å². The number of aryl methyl sites for hydroxylation is 1. The van der Waals surface area contributed by atoms with E-state index < -0.39 is 0 Å². The van der Waals surface area contributed by atoms with Gasteiger partial charge in [-0.15, -0.1) is 0 Å². The molecule has 1 aromatic rings. The molecule has 0 aliphatic heterocycles. The van der Waals surface area contributed by atoms with E-state index in [2.05, 4.69) is 52.4 Å². The normalized spacial score (nSPS) is 12.2. The summed E-state index contributed by atoms with van der Waals surface area (Å²) < 4.78 is 0. The van der Waals surface area contributed by atoms with Crippen molar-refractivity contribution in [1.82, 2.24) is 5.32 Å². The van der Waals surface area contributed by atoms with E-state index in [1.165, 1.54) is 5.56 Å². The first-order valence-electron chi connectivity index (χ1n) is 6.05. The minimum Gasteiger partial charge on any atom is -0.350 e. The predicted octanol–water partition coefficient (Wildman–Crippen LogP) is 3.74. The van der Waals surface area contributed by atoms with Gasteiger partial charge in [-0.1, -0.05) is 45.8 Å². The maximum Gasteiger partial charge on any atom is 0.220 e. The Labute approximate surface area is 112 Å². The molecule has 0 bridgehead atoms. The largest absolute Gasteiger partial charge is 0.350 e. The Bertz CT molecular complexity index is 348. The predicted molar refractivity (Wildman–Crippen MR) is 75.4 cm³/mol. The van der Waals surface area contributed by atoms with Crippen molar-refractivity contribution in [1.29, 1.82) is 0 Å². The first kappa shape index (κ1) is 14.2. The SMILES string of the molecule is Cc1ccc([C@H](C)NC(=O)CCCCBr)cc1. The molecule has 1 aromatic carbocycles. The highest BCUT2D eigenvalue weighted by Gasteiger charge is 2.08. The lowest BCUT2D eigenvalue weighted by atomic mass is 10.1. The van der Waals surface area contributed by atoms with Crippen LogP contribution >= 0.6 is 15.9 Å². The van der Waals surface area contributed by atoms with Crippen molar-refractivity contribution in [3.05, 3.63) is 35.4 Å². The fourth-order valence-corrected chi connectivity index (χ4v) is 2.03. The molecule has 0 fully saturated rings. The van der Waals surface area contributed by atoms with E-state index in [1.54, 1.807) is 0 Å². The summed E-state index contributed by atoms with van der Waals surface area (Å²) in [6.45, 7) is 4.08. The maximum absolute atomic E-state index is 11.6. The monoisotopic (exact) mass is 297 g/mol. The van der Waals surface area contributed by atoms with E-state index in [0.717, 1.165) is 23.7 Å². The molecule has 3 heteroatoms. The zero-order valence-electron chi connectivity index (χ0n) is 10.5. The van der Waals surface area contributed by atoms with Crippen LogP contribution in [0.2, 0.25) is 0 Å². The van der Waals surface area contributed by atoms with Gasteiger partial charge in [0.1, 0.15) is 0 Å². The molecule has 17 heavy (non-hydrogen) atoms. The average Bonchev–Trinajstić information content (AvgIpc) is 2.30. The molecule has 1 amide bonds. The fourth-order valence-electron chi connectivity index (χ4n) is 1.63. The molecular formula is C14H20BrNO. The van der Waals surface area contributed by atoms with Gasteiger partial charge in [0.2, 0.25) is 5.91 Å². The Morgan fingerprint density at radius 3 is 2.53 bits per heavy atom. The number of hydrogen-bond donors (Lipinski definition) is 1. The number of alkyl halides is 1. The van der Waals surface area contributed by atoms with Gasteiger partial charge in [0.05, 0.1) is 6.04 Å². The van der Waals surface area contributed by atoms with E-state index in [9.17, 15) is 4.79 Å². The summed E-state index contributed by atoms with van der Waals surface area (Å²) in [5.74, 6) is 0.138. The Morgan fingerprint density at radius 1 is 1.29 bits per heavy atom. The number of carbonyl (C=O) groups excluding carboxylic acids is 1. The number of amides is 1. The van der Waals surface area contributed by atoms with Gasteiger partial charge >= 0.3 is 0 Å². The molecule has 0 unspecified atom stereocenters. The molecule has 0 aliphatic carbocycles. The second-order valence-corrected chi connectivity index (χ2v) is 5.14. The number of benzene rings is 1. The van der Waals surface area contributed by atoms with Gasteiger partial charge < -0.3 is 5.32 Å². The molecule has 0 aliphatic rings. The van der Waals surface area contributed by atoms with E-state index >= 15 is 0 Å². The molecule has 0 radical (unpaired) electrons. The van der Waals surface area contributed by atoms with Crippen LogP contribution in [0.1, 0.15) is 43.4 Å². The first-order chi connectivity index (χ1) is 8.13. The molecule has 94 valence electrons. The van der Waals surface area contributed by atoms with Crippen molar-refractivity contribution < 1.29 is 4.79 Å². The summed E-state index contributed by atoms with van der Waals surface area (Å²) in [6, 6.07) is 8.37. The van der Waals surface area contributed by atoms with Crippen molar-refractivity contribution in [3.8, 4) is 0 Å². The quantitative estimate of drug-likeness (QED) is 0.629. The number of carbonyl (C=O) groups is 1. The van der Waals surface area contributed by atoms with Crippen LogP contribution in [0.4, 0.5) is 0 Å². The van der Waals surface area contributed by atoms with Crippen LogP contribution in [0.3, 0.4) is 0 Å². The lowest BCUT2D eigenvalue weighted by Gasteiger charge is -2.14. The molecule has 1 atom stereocenters. The molecule has 0 spiro atoms. The second-order valence-electron chi connectivity index (χ2n) is 4.35. The van der Waals surface area contributed by atoms with Crippen molar-refractivity contribution in [2.45, 2.75) is 39.2 Å². The summed E-state index contributed by atoms with van der Waals surface area (Å²) >= 11 is 3.36. The number of rotatable bonds is 6. The van der Waals surface area contributed by atoms with Crippen LogP contribution in [0.15, 0.2) is 24.3 Å². The van der Waals surface area contributed by atoms with E-state index in [0.29, 0.717) is 6.42 Å². The van der Waals surface area contributed by atoms with Crippen LogP contribution in [-0.4, -0.2) is 11.2 Å². The summed E-state index contributed by atoms with van der Waals surface area (Å²) in [5.41, 5.74) is 2.40. The van der Waals surface area contributed by atoms with Crippen molar-refractivity contribution >= 4 is 21.8 Å². The van der Waals surface area contributed by atoms with E-state index in [-0.39, 0.29) is 11.9 Å². The van der Waals surface area contributed by atoms with Gasteiger partial charge in [-0.3, -0.25) is 4.79 Å². The smallest absolute Gasteiger partial charge is 0.220 e. The molecule has 0 saturated carbocycles. The van der Waals surface area contributed by atoms with E-state index in [1.807, 2.05) is 6.92 Å². The molecule has 1 rings (SSSR count). The lowest BCUT2D eigenvalue weighted by molar-refractivity contribution is -0.121. The standard InChI is InChI=1S/C14H20BrNO/c1-11-6-8-13(9-7-11)12(2)16-14(17)5-3-4-10-15/h6-9,12H,3-5,10H2,1-2H3,(H,16,17)/t12-/m0/s1. The van der Waals surface area contributed by atoms with Gasteiger partial charge in [-0.05, 0) is 32.3 Å². The first-order valence-corrected chi connectivity index (χ1v) is 7.17. The Balaban J connectivity index is 2.40. The number of hydrogen-bond acceptors (Lipinski definition) is 1. The van der Waals surface area contributed by atoms with Gasteiger partial charge in [0.15, 0.2) is 0 Å². The van der Waals surface area contributed by atoms with Crippen LogP contribution in [0.25, 0.3) is 0 Å². The number of halogens is 1. The Hall–Kier alpha value is -0.830. The highest BCUT2D eigenvalue weighted by molar-refractivity contribution is 9.09. The topological polar surface area (TPSA) is 29.1 Å². The molecule has 2 nitrogen and oxygen atoms in total. The third kappa shape index (κ3) is 5.35. The Kier molecular flexibility index (Phi) is 6.27. The second kappa shape index (κ2) is 7.49. The zero-order chi connectivity index (χ0) is 12.7. The highest BCUT2D eigenvalue weighted by Crippen LogP contribution is 2.13. The van der Waals surface area contributed by atoms with Crippen LogP contribution < -0.4 is 5.32 Å². The van der Waals surface area contributed by atoms with Gasteiger partial charge in [0, 0.05) is 11.8 Å². The third-order valence-corrected chi connectivity index (χ3v) is 3.30. The maximum atomic E-state index is 11.6. The summed E-state index contributed by atoms with van der Waals surface area (Å²) in [7, 11) is 0. The van der Waals surface area contributed by atoms with Crippen LogP contribution in [0, 0.1) is 6.92 Å². The Morgan fingerprint density at radius 2 is 1.94 bits per heavy atom. The lowest BCUT2D eigenvalue weighted by Crippen LogP contribution is -2.26. The summed E-state index contributed by atoms with van der Waals surface area (Å²) in [5, 5.41) is 3.99. The summed E-state index contributed by atoms with van der Waals surface area (Å²) in [4.78, 5) is 11.6. The minimum absolute atomic E-state index is 0.0899. The van der Waals surface area contributed by atoms with Crippen LogP contribution in [0.5, 0.6) is 0 Å². The average molecular weight is 298 g/mol. The molecule has 0 aromatic heterocycles. The molecule has 0 saturated heterocycles. The molecular weight excluding hydrogens is 278 g/mol. The zero-order valence-corrected chi connectivity index (χ0v) is 12.1. The van der Waals surface area contributed by atoms with Crippen molar-refractivity contribution in [2.75, 3.05) is 5.33 Å². The van der Waals surface area contributed by atoms with E-state index in [4.69, 9.17) is 0 Å². The third-order valence-electron chi connectivity index (χ3n) is 2.74. The highest BCUT2D eigenvalue weighted by atomic mass is 79.9. The van der Waals surface area contributed by atoms with Crippen molar-refractivity contribution in [3.63, 3.8) is 0 Å². The summed E-state index contributed by atoms with van der Waals surface area (Å²) in [6.07, 6.45) is 2.60. The van der Waals surface area contributed by atoms with Gasteiger partial charge in [-0.25, -0.2) is 0 Å². The minimum atomic E-state index is 0.0899. The van der Waals surface area contributed by atoms with Crippen molar-refractivity contribution in [2.24, 2.45) is 0 Å². The van der Waals surface area contributed by atoms with Gasteiger partial charge in [-0.2, -0.15) is 0 Å². The number of unbranched alkanes of at least 4 members (excludes halogenated alkanes) is 1. The van der Waals surface area contributed by atoms with Crippen LogP contribution in [-0.2, 0) is 4.79 Å². The fraction of sp³-hybridized carbons (Fsp3) is 0.500. The molecule has 0 heterocycles. The molecule has 1 N–H and O–H groups in total. The number of nitrogens with one attached hydrogen (secondary N) is 1.